The number of nitrogens with one attached hydrogen (secondary N) is 1. The second-order valence-corrected chi connectivity index (χ2v) is 7.21. The van der Waals surface area contributed by atoms with Gasteiger partial charge in [-0.2, -0.15) is 0 Å². The largest absolute Gasteiger partial charge is 0.314 e. The fraction of sp³-hybridized carbons (Fsp3) is 1.00. The summed E-state index contributed by atoms with van der Waals surface area (Å²) in [5.74, 6) is 0. The first-order valence-electron chi connectivity index (χ1n) is 6.20. The van der Waals surface area contributed by atoms with Crippen LogP contribution in [0, 0.1) is 0 Å². The molecule has 0 bridgehead atoms. The van der Waals surface area contributed by atoms with Crippen molar-refractivity contribution in [3.8, 4) is 0 Å². The molecule has 1 aliphatic rings. The molecular formula is C11H24N2O2S. The van der Waals surface area contributed by atoms with E-state index in [0.29, 0.717) is 19.1 Å². The number of nitrogens with zero attached hydrogens (tertiary/aromatic N) is 1. The molecule has 0 spiro atoms. The molecule has 5 heteroatoms. The standard InChI is InChI=1S/C11H24N2O2S/c1-4-7-12-11-5-8-13(9-6-11)16(14,15)10(2)3/h10-12H,4-9H2,1-3H3. The molecule has 1 N–H and O–H groups in total. The van der Waals surface area contributed by atoms with Crippen molar-refractivity contribution in [3.63, 3.8) is 0 Å². The van der Waals surface area contributed by atoms with Gasteiger partial charge in [0.25, 0.3) is 0 Å². The Kier molecular flexibility index (Phi) is 5.21. The number of hydrogen-bond acceptors (Lipinski definition) is 3. The summed E-state index contributed by atoms with van der Waals surface area (Å²) in [5, 5.41) is 3.15. The Morgan fingerprint density at radius 1 is 1.31 bits per heavy atom. The second-order valence-electron chi connectivity index (χ2n) is 4.72. The van der Waals surface area contributed by atoms with Crippen LogP contribution in [-0.4, -0.2) is 43.6 Å². The summed E-state index contributed by atoms with van der Waals surface area (Å²) in [6.07, 6.45) is 3.00. The lowest BCUT2D eigenvalue weighted by molar-refractivity contribution is 0.288. The van der Waals surface area contributed by atoms with E-state index in [2.05, 4.69) is 12.2 Å². The predicted octanol–water partition coefficient (Wildman–Crippen LogP) is 1.19. The van der Waals surface area contributed by atoms with E-state index in [1.165, 1.54) is 0 Å². The molecule has 0 amide bonds. The number of sulfonamides is 1. The van der Waals surface area contributed by atoms with Crippen molar-refractivity contribution in [2.45, 2.75) is 51.3 Å². The van der Waals surface area contributed by atoms with Gasteiger partial charge in [0.2, 0.25) is 10.0 Å². The van der Waals surface area contributed by atoms with Gasteiger partial charge in [-0.25, -0.2) is 12.7 Å². The Bertz CT molecular complexity index is 293. The molecule has 96 valence electrons. The SMILES string of the molecule is CCCNC1CCN(S(=O)(=O)C(C)C)CC1. The van der Waals surface area contributed by atoms with E-state index >= 15 is 0 Å². The molecule has 0 aromatic heterocycles. The van der Waals surface area contributed by atoms with Gasteiger partial charge >= 0.3 is 0 Å². The third kappa shape index (κ3) is 3.43. The average Bonchev–Trinajstić information content (AvgIpc) is 2.26. The molecule has 1 rings (SSSR count). The summed E-state index contributed by atoms with van der Waals surface area (Å²) in [7, 11) is -3.04. The summed E-state index contributed by atoms with van der Waals surface area (Å²) in [6.45, 7) is 8.00. The highest BCUT2D eigenvalue weighted by Gasteiger charge is 2.29. The van der Waals surface area contributed by atoms with Gasteiger partial charge in [-0.3, -0.25) is 0 Å². The topological polar surface area (TPSA) is 49.4 Å². The first-order valence-corrected chi connectivity index (χ1v) is 7.71. The van der Waals surface area contributed by atoms with Crippen LogP contribution in [0.3, 0.4) is 0 Å². The molecule has 0 saturated carbocycles. The minimum absolute atomic E-state index is 0.298. The minimum atomic E-state index is -3.04. The van der Waals surface area contributed by atoms with Gasteiger partial charge in [0.05, 0.1) is 5.25 Å². The van der Waals surface area contributed by atoms with E-state index in [4.69, 9.17) is 0 Å². The zero-order valence-corrected chi connectivity index (χ0v) is 11.4. The van der Waals surface area contributed by atoms with E-state index in [-0.39, 0.29) is 5.25 Å². The fourth-order valence-corrected chi connectivity index (χ4v) is 3.28. The van der Waals surface area contributed by atoms with Crippen LogP contribution < -0.4 is 5.32 Å². The highest BCUT2D eigenvalue weighted by atomic mass is 32.2. The molecule has 1 heterocycles. The Morgan fingerprint density at radius 2 is 1.88 bits per heavy atom. The van der Waals surface area contributed by atoms with Crippen LogP contribution in [0.5, 0.6) is 0 Å². The molecule has 0 aromatic carbocycles. The van der Waals surface area contributed by atoms with E-state index in [9.17, 15) is 8.42 Å². The Hall–Kier alpha value is -0.130. The number of hydrogen-bond donors (Lipinski definition) is 1. The van der Waals surface area contributed by atoms with Crippen LogP contribution in [0.1, 0.15) is 40.0 Å². The van der Waals surface area contributed by atoms with Crippen molar-refractivity contribution < 1.29 is 8.42 Å². The highest BCUT2D eigenvalue weighted by Crippen LogP contribution is 2.17. The maximum absolute atomic E-state index is 11.9. The van der Waals surface area contributed by atoms with Gasteiger partial charge in [0.1, 0.15) is 0 Å². The normalized spacial score (nSPS) is 20.5. The maximum atomic E-state index is 11.9. The van der Waals surface area contributed by atoms with Crippen LogP contribution in [0.25, 0.3) is 0 Å². The molecular weight excluding hydrogens is 224 g/mol. The summed E-state index contributed by atoms with van der Waals surface area (Å²) < 4.78 is 25.5. The molecule has 1 fully saturated rings. The van der Waals surface area contributed by atoms with Crippen LogP contribution in [0.2, 0.25) is 0 Å². The monoisotopic (exact) mass is 248 g/mol. The molecule has 16 heavy (non-hydrogen) atoms. The van der Waals surface area contributed by atoms with Gasteiger partial charge < -0.3 is 5.32 Å². The van der Waals surface area contributed by atoms with E-state index in [0.717, 1.165) is 25.8 Å². The van der Waals surface area contributed by atoms with Crippen LogP contribution in [-0.2, 0) is 10.0 Å². The fourth-order valence-electron chi connectivity index (χ4n) is 1.96. The van der Waals surface area contributed by atoms with E-state index in [1.807, 2.05) is 0 Å². The molecule has 4 nitrogen and oxygen atoms in total. The molecule has 0 aliphatic carbocycles. The van der Waals surface area contributed by atoms with Crippen molar-refractivity contribution in [2.75, 3.05) is 19.6 Å². The van der Waals surface area contributed by atoms with Crippen molar-refractivity contribution in [3.05, 3.63) is 0 Å². The molecule has 0 atom stereocenters. The lowest BCUT2D eigenvalue weighted by Gasteiger charge is -2.32. The van der Waals surface area contributed by atoms with Crippen LogP contribution >= 0.6 is 0 Å². The van der Waals surface area contributed by atoms with Gasteiger partial charge in [0, 0.05) is 19.1 Å². The van der Waals surface area contributed by atoms with Gasteiger partial charge in [-0.15, -0.1) is 0 Å². The molecule has 0 radical (unpaired) electrons. The first-order chi connectivity index (χ1) is 7.48. The van der Waals surface area contributed by atoms with E-state index < -0.39 is 10.0 Å². The highest BCUT2D eigenvalue weighted by molar-refractivity contribution is 7.89. The zero-order chi connectivity index (χ0) is 12.2. The summed E-state index contributed by atoms with van der Waals surface area (Å²) in [4.78, 5) is 0. The van der Waals surface area contributed by atoms with Crippen molar-refractivity contribution >= 4 is 10.0 Å². The van der Waals surface area contributed by atoms with Gasteiger partial charge in [-0.1, -0.05) is 6.92 Å². The average molecular weight is 248 g/mol. The molecule has 1 saturated heterocycles. The quantitative estimate of drug-likeness (QED) is 0.795. The Balaban J connectivity index is 2.43. The first kappa shape index (κ1) is 13.9. The third-order valence-corrected chi connectivity index (χ3v) is 5.37. The number of rotatable bonds is 5. The third-order valence-electron chi connectivity index (χ3n) is 3.09. The van der Waals surface area contributed by atoms with Gasteiger partial charge in [-0.05, 0) is 39.7 Å². The molecule has 1 aliphatic heterocycles. The molecule has 0 unspecified atom stereocenters. The second kappa shape index (κ2) is 5.98. The molecule has 0 aromatic rings. The summed E-state index contributed by atoms with van der Waals surface area (Å²) in [6, 6.07) is 0.499. The lowest BCUT2D eigenvalue weighted by Crippen LogP contribution is -2.46. The number of piperidine rings is 1. The summed E-state index contributed by atoms with van der Waals surface area (Å²) in [5.41, 5.74) is 0. The summed E-state index contributed by atoms with van der Waals surface area (Å²) >= 11 is 0. The Morgan fingerprint density at radius 3 is 2.31 bits per heavy atom. The van der Waals surface area contributed by atoms with Gasteiger partial charge in [0.15, 0.2) is 0 Å². The van der Waals surface area contributed by atoms with Crippen LogP contribution in [0.4, 0.5) is 0 Å². The van der Waals surface area contributed by atoms with Crippen molar-refractivity contribution in [1.82, 2.24) is 9.62 Å². The predicted molar refractivity (Wildman–Crippen MR) is 66.9 cm³/mol. The maximum Gasteiger partial charge on any atom is 0.216 e. The Labute approximate surface area is 99.5 Å². The minimum Gasteiger partial charge on any atom is -0.314 e. The zero-order valence-electron chi connectivity index (χ0n) is 10.6. The smallest absolute Gasteiger partial charge is 0.216 e. The van der Waals surface area contributed by atoms with Crippen molar-refractivity contribution in [1.29, 1.82) is 0 Å². The lowest BCUT2D eigenvalue weighted by atomic mass is 10.1. The van der Waals surface area contributed by atoms with Crippen molar-refractivity contribution in [2.24, 2.45) is 0 Å². The van der Waals surface area contributed by atoms with Crippen LogP contribution in [0.15, 0.2) is 0 Å². The van der Waals surface area contributed by atoms with E-state index in [1.54, 1.807) is 18.2 Å².